The van der Waals surface area contributed by atoms with Gasteiger partial charge in [0.15, 0.2) is 0 Å². The molecule has 6 heterocycles. The number of nitrogens with one attached hydrogen (secondary N) is 2. The number of likely N-dealkylation sites (tertiary alicyclic amines) is 2. The van der Waals surface area contributed by atoms with E-state index in [0.717, 1.165) is 67.7 Å². The average molecular weight is 935 g/mol. The van der Waals surface area contributed by atoms with Gasteiger partial charge in [0.25, 0.3) is 11.8 Å². The molecule has 338 valence electrons. The van der Waals surface area contributed by atoms with Crippen molar-refractivity contribution in [3.63, 3.8) is 0 Å². The molecule has 0 unspecified atom stereocenters. The fourth-order valence-electron chi connectivity index (χ4n) is 8.98. The van der Waals surface area contributed by atoms with Gasteiger partial charge >= 0.3 is 0 Å². The molecule has 12 nitrogen and oxygen atoms in total. The highest BCUT2D eigenvalue weighted by Crippen LogP contribution is 2.41. The number of carbonyl (C=O) groups excluding carboxylic acids is 4. The van der Waals surface area contributed by atoms with Gasteiger partial charge < -0.3 is 20.4 Å². The Morgan fingerprint density at radius 3 is 1.24 bits per heavy atom. The van der Waals surface area contributed by atoms with Crippen LogP contribution in [0.2, 0.25) is 0 Å². The Bertz CT molecular complexity index is 2820. The predicted octanol–water partition coefficient (Wildman–Crippen LogP) is 10.1. The van der Waals surface area contributed by atoms with Crippen molar-refractivity contribution < 1.29 is 19.2 Å². The molecule has 4 aromatic carbocycles. The first kappa shape index (κ1) is 44.2. The Labute approximate surface area is 401 Å². The molecule has 2 N–H and O–H groups in total. The Kier molecular flexibility index (Phi) is 13.0. The van der Waals surface area contributed by atoms with E-state index in [9.17, 15) is 19.2 Å². The van der Waals surface area contributed by atoms with Crippen LogP contribution in [0.5, 0.6) is 0 Å². The van der Waals surface area contributed by atoms with E-state index in [-0.39, 0.29) is 35.3 Å². The molecule has 4 amide bonds. The van der Waals surface area contributed by atoms with Gasteiger partial charge in [-0.1, -0.05) is 121 Å². The minimum atomic E-state index is -0.868. The third-order valence-electron chi connectivity index (χ3n) is 12.5. The third kappa shape index (κ3) is 9.46. The molecule has 0 radical (unpaired) electrons. The highest BCUT2D eigenvalue weighted by molar-refractivity contribution is 7.15. The number of amides is 4. The van der Waals surface area contributed by atoms with E-state index in [2.05, 4.69) is 69.1 Å². The molecule has 68 heavy (non-hydrogen) atoms. The molecule has 0 saturated carbocycles. The molecule has 2 fully saturated rings. The van der Waals surface area contributed by atoms with Crippen LogP contribution < -0.4 is 10.6 Å². The van der Waals surface area contributed by atoms with E-state index >= 15 is 0 Å². The van der Waals surface area contributed by atoms with E-state index in [1.807, 2.05) is 82.9 Å². The number of benzene rings is 4. The zero-order chi connectivity index (χ0) is 46.4. The molecule has 0 spiro atoms. The van der Waals surface area contributed by atoms with Crippen LogP contribution in [0.1, 0.15) is 92.0 Å². The van der Waals surface area contributed by atoms with Gasteiger partial charge in [-0.15, -0.1) is 22.7 Å². The van der Waals surface area contributed by atoms with Gasteiger partial charge in [0.1, 0.15) is 33.5 Å². The third-order valence-corrected chi connectivity index (χ3v) is 14.8. The van der Waals surface area contributed by atoms with E-state index in [4.69, 9.17) is 9.97 Å². The minimum absolute atomic E-state index is 0.170. The minimum Gasteiger partial charge on any atom is -0.335 e. The smallest absolute Gasteiger partial charge is 0.270 e. The highest BCUT2D eigenvalue weighted by atomic mass is 32.1. The summed E-state index contributed by atoms with van der Waals surface area (Å²) in [5, 5.41) is 7.65. The maximum atomic E-state index is 14.3. The van der Waals surface area contributed by atoms with Gasteiger partial charge in [-0.3, -0.25) is 29.1 Å². The van der Waals surface area contributed by atoms with Crippen LogP contribution in [0.3, 0.4) is 0 Å². The zero-order valence-electron chi connectivity index (χ0n) is 36.9. The summed E-state index contributed by atoms with van der Waals surface area (Å²) < 4.78 is 0. The van der Waals surface area contributed by atoms with Crippen LogP contribution >= 0.6 is 22.7 Å². The lowest BCUT2D eigenvalue weighted by molar-refractivity contribution is -0.135. The van der Waals surface area contributed by atoms with Crippen LogP contribution in [-0.4, -0.2) is 66.5 Å². The SMILES string of the molecule is O=C(N[C@@H](C(=O)N1CCC[C@H]1c1ncc(-c2ccc(-c3ccc(-c4cnc([C@@H]5CCCN5C(=O)[C@H](NC(=O)c5ccccn5)c5ccccc5)s4)cc3)cc2)s1)c1ccccc1)c1ccccn1. The summed E-state index contributed by atoms with van der Waals surface area (Å²) in [6.07, 6.45) is 10.1. The lowest BCUT2D eigenvalue weighted by Gasteiger charge is -2.28. The first-order valence-corrected chi connectivity index (χ1v) is 24.3. The van der Waals surface area contributed by atoms with Crippen molar-refractivity contribution in [2.45, 2.75) is 49.9 Å². The normalized spacial score (nSPS) is 16.5. The first-order valence-electron chi connectivity index (χ1n) is 22.7. The maximum Gasteiger partial charge on any atom is 0.270 e. The first-order chi connectivity index (χ1) is 33.4. The topological polar surface area (TPSA) is 150 Å². The van der Waals surface area contributed by atoms with Gasteiger partial charge in [0, 0.05) is 37.9 Å². The Morgan fingerprint density at radius 2 is 0.853 bits per heavy atom. The quantitative estimate of drug-likeness (QED) is 0.116. The van der Waals surface area contributed by atoms with Crippen LogP contribution in [-0.2, 0) is 9.59 Å². The Balaban J connectivity index is 0.800. The van der Waals surface area contributed by atoms with Gasteiger partial charge in [-0.05, 0) is 83.3 Å². The Hall–Kier alpha value is -7.68. The summed E-state index contributed by atoms with van der Waals surface area (Å²) >= 11 is 3.18. The average Bonchev–Trinajstić information content (AvgIpc) is 4.26. The molecule has 0 aliphatic carbocycles. The number of rotatable bonds is 13. The fourth-order valence-corrected chi connectivity index (χ4v) is 11.1. The second kappa shape index (κ2) is 20.0. The summed E-state index contributed by atoms with van der Waals surface area (Å²) in [4.78, 5) is 78.9. The number of pyridine rings is 2. The lowest BCUT2D eigenvalue weighted by Crippen LogP contribution is -2.42. The van der Waals surface area contributed by atoms with E-state index in [0.29, 0.717) is 24.2 Å². The molecule has 10 rings (SSSR count). The molecule has 2 aliphatic rings. The zero-order valence-corrected chi connectivity index (χ0v) is 38.5. The molecule has 4 aromatic heterocycles. The van der Waals surface area contributed by atoms with Crippen molar-refractivity contribution in [3.05, 3.63) is 203 Å². The highest BCUT2D eigenvalue weighted by Gasteiger charge is 2.39. The van der Waals surface area contributed by atoms with Gasteiger partial charge in [0.05, 0.1) is 21.8 Å². The summed E-state index contributed by atoms with van der Waals surface area (Å²) in [5.74, 6) is -1.15. The van der Waals surface area contributed by atoms with Gasteiger partial charge in [-0.2, -0.15) is 0 Å². The number of carbonyl (C=O) groups is 4. The molecule has 4 atom stereocenters. The van der Waals surface area contributed by atoms with Crippen LogP contribution in [0.4, 0.5) is 0 Å². The molecule has 0 bridgehead atoms. The second-order valence-corrected chi connectivity index (χ2v) is 18.8. The van der Waals surface area contributed by atoms with E-state index in [1.54, 1.807) is 71.5 Å². The number of thiazole rings is 2. The van der Waals surface area contributed by atoms with Gasteiger partial charge in [-0.25, -0.2) is 9.97 Å². The number of aromatic nitrogens is 4. The predicted molar refractivity (Wildman–Crippen MR) is 263 cm³/mol. The summed E-state index contributed by atoms with van der Waals surface area (Å²) in [5.41, 5.74) is 6.15. The lowest BCUT2D eigenvalue weighted by atomic mass is 10.0. The summed E-state index contributed by atoms with van der Waals surface area (Å²) in [6, 6.07) is 43.7. The van der Waals surface area contributed by atoms with Crippen LogP contribution in [0, 0.1) is 0 Å². The van der Waals surface area contributed by atoms with E-state index in [1.165, 1.54) is 0 Å². The van der Waals surface area contributed by atoms with Crippen LogP contribution in [0.15, 0.2) is 170 Å². The Morgan fingerprint density at radius 1 is 0.471 bits per heavy atom. The molecular weight excluding hydrogens is 889 g/mol. The van der Waals surface area contributed by atoms with E-state index < -0.39 is 23.9 Å². The number of hydrogen-bond donors (Lipinski definition) is 2. The van der Waals surface area contributed by atoms with Crippen molar-refractivity contribution in [2.24, 2.45) is 0 Å². The molecule has 14 heteroatoms. The fraction of sp³-hybridized carbons (Fsp3) is 0.185. The van der Waals surface area contributed by atoms with Crippen molar-refractivity contribution in [1.82, 2.24) is 40.4 Å². The second-order valence-electron chi connectivity index (χ2n) is 16.7. The largest absolute Gasteiger partial charge is 0.335 e. The summed E-state index contributed by atoms with van der Waals surface area (Å²) in [7, 11) is 0. The number of nitrogens with zero attached hydrogens (tertiary/aromatic N) is 6. The summed E-state index contributed by atoms with van der Waals surface area (Å²) in [6.45, 7) is 1.15. The van der Waals surface area contributed by atoms with Crippen LogP contribution in [0.25, 0.3) is 32.0 Å². The standard InChI is InChI=1S/C54H46N8O4S2/c63-49(41-17-7-9-29-55-41)59-47(39-13-3-1-4-14-39)53(65)61-31-11-19-43(61)51-57-33-45(67-51)37-25-21-35(22-26-37)36-23-27-38(28-24-36)46-34-58-52(68-46)44-20-12-32-62(44)54(66)48(40-15-5-2-6-16-40)60-50(64)42-18-8-10-30-56-42/h1-10,13-18,21-30,33-34,43-44,47-48H,11-12,19-20,31-32H2,(H,59,63)(H,60,64)/t43-,44-,47+,48+/m0/s1. The van der Waals surface area contributed by atoms with Crippen molar-refractivity contribution in [3.8, 4) is 32.0 Å². The van der Waals surface area contributed by atoms with Crippen molar-refractivity contribution >= 4 is 46.3 Å². The maximum absolute atomic E-state index is 14.3. The van der Waals surface area contributed by atoms with Gasteiger partial charge in [0.2, 0.25) is 11.8 Å². The molecule has 2 aliphatic heterocycles. The monoisotopic (exact) mass is 934 g/mol. The number of hydrogen-bond acceptors (Lipinski definition) is 10. The molecule has 2 saturated heterocycles. The van der Waals surface area contributed by atoms with Crippen molar-refractivity contribution in [2.75, 3.05) is 13.1 Å². The van der Waals surface area contributed by atoms with Crippen molar-refractivity contribution in [1.29, 1.82) is 0 Å². The molecule has 8 aromatic rings. The molecular formula is C54H46N8O4S2.